The van der Waals surface area contributed by atoms with Crippen LogP contribution in [0.25, 0.3) is 10.9 Å². The number of benzene rings is 1. The highest BCUT2D eigenvalue weighted by molar-refractivity contribution is 7.90. The fraction of sp³-hybridized carbons (Fsp3) is 0.444. The number of aromatic nitrogens is 1. The molecule has 7 heteroatoms. The summed E-state index contributed by atoms with van der Waals surface area (Å²) in [7, 11) is -3.23. The highest BCUT2D eigenvalue weighted by atomic mass is 32.2. The molecule has 2 aromatic rings. The SMILES string of the molecule is Cc1cc(NC(=O)CCCCNS(=O)(=O)C(C)C)c2ccccc2n1. The van der Waals surface area contributed by atoms with E-state index in [1.807, 2.05) is 37.3 Å². The molecule has 1 aromatic heterocycles. The van der Waals surface area contributed by atoms with Crippen LogP contribution in [0.5, 0.6) is 0 Å². The molecule has 0 radical (unpaired) electrons. The summed E-state index contributed by atoms with van der Waals surface area (Å²) in [5.41, 5.74) is 2.45. The number of para-hydroxylation sites is 1. The summed E-state index contributed by atoms with van der Waals surface area (Å²) >= 11 is 0. The number of sulfonamides is 1. The van der Waals surface area contributed by atoms with Crippen LogP contribution < -0.4 is 10.0 Å². The maximum atomic E-state index is 12.2. The number of hydrogen-bond donors (Lipinski definition) is 2. The standard InChI is InChI=1S/C18H25N3O3S/c1-13(2)25(23,24)19-11-7-6-10-18(22)21-17-12-14(3)20-16-9-5-4-8-15(16)17/h4-5,8-9,12-13,19H,6-7,10-11H2,1-3H3,(H,20,21,22). The molecule has 0 saturated heterocycles. The number of aryl methyl sites for hydroxylation is 1. The number of carbonyl (C=O) groups excluding carboxylic acids is 1. The first kappa shape index (κ1) is 19.3. The van der Waals surface area contributed by atoms with E-state index in [1.54, 1.807) is 13.8 Å². The van der Waals surface area contributed by atoms with Gasteiger partial charge in [-0.15, -0.1) is 0 Å². The van der Waals surface area contributed by atoms with Crippen LogP contribution in [0, 0.1) is 6.92 Å². The van der Waals surface area contributed by atoms with Crippen LogP contribution in [0.4, 0.5) is 5.69 Å². The Morgan fingerprint density at radius 2 is 1.92 bits per heavy atom. The number of fused-ring (bicyclic) bond motifs is 1. The molecule has 0 aliphatic heterocycles. The van der Waals surface area contributed by atoms with Crippen molar-refractivity contribution in [3.05, 3.63) is 36.0 Å². The lowest BCUT2D eigenvalue weighted by Crippen LogP contribution is -2.31. The van der Waals surface area contributed by atoms with Crippen molar-refractivity contribution < 1.29 is 13.2 Å². The minimum atomic E-state index is -3.23. The van der Waals surface area contributed by atoms with Gasteiger partial charge in [-0.1, -0.05) is 18.2 Å². The van der Waals surface area contributed by atoms with Crippen molar-refractivity contribution in [2.75, 3.05) is 11.9 Å². The summed E-state index contributed by atoms with van der Waals surface area (Å²) in [4.78, 5) is 16.6. The molecule has 1 amide bonds. The second-order valence-electron chi connectivity index (χ2n) is 6.32. The maximum absolute atomic E-state index is 12.2. The van der Waals surface area contributed by atoms with E-state index in [9.17, 15) is 13.2 Å². The third-order valence-electron chi connectivity index (χ3n) is 3.87. The fourth-order valence-corrected chi connectivity index (χ4v) is 3.18. The molecule has 0 atom stereocenters. The number of unbranched alkanes of at least 4 members (excludes halogenated alkanes) is 1. The topological polar surface area (TPSA) is 88.2 Å². The summed E-state index contributed by atoms with van der Waals surface area (Å²) in [6.45, 7) is 5.52. The van der Waals surface area contributed by atoms with E-state index in [4.69, 9.17) is 0 Å². The first-order valence-corrected chi connectivity index (χ1v) is 9.99. The summed E-state index contributed by atoms with van der Waals surface area (Å²) < 4.78 is 25.8. The van der Waals surface area contributed by atoms with E-state index in [-0.39, 0.29) is 5.91 Å². The van der Waals surface area contributed by atoms with Crippen LogP contribution >= 0.6 is 0 Å². The Morgan fingerprint density at radius 1 is 1.20 bits per heavy atom. The van der Waals surface area contributed by atoms with E-state index in [0.717, 1.165) is 22.3 Å². The summed E-state index contributed by atoms with van der Waals surface area (Å²) in [6, 6.07) is 9.53. The van der Waals surface area contributed by atoms with Gasteiger partial charge < -0.3 is 5.32 Å². The molecule has 0 bridgehead atoms. The van der Waals surface area contributed by atoms with Crippen molar-refractivity contribution in [3.63, 3.8) is 0 Å². The fourth-order valence-electron chi connectivity index (χ4n) is 2.42. The van der Waals surface area contributed by atoms with Crippen LogP contribution in [0.2, 0.25) is 0 Å². The van der Waals surface area contributed by atoms with E-state index in [0.29, 0.717) is 25.8 Å². The molecule has 0 fully saturated rings. The second-order valence-corrected chi connectivity index (χ2v) is 8.64. The molecule has 0 unspecified atom stereocenters. The average molecular weight is 363 g/mol. The van der Waals surface area contributed by atoms with Gasteiger partial charge in [-0.05, 0) is 45.7 Å². The zero-order chi connectivity index (χ0) is 18.4. The third-order valence-corrected chi connectivity index (χ3v) is 5.72. The summed E-state index contributed by atoms with van der Waals surface area (Å²) in [5, 5.41) is 3.40. The molecule has 0 saturated carbocycles. The molecule has 1 aromatic carbocycles. The smallest absolute Gasteiger partial charge is 0.224 e. The molecule has 6 nitrogen and oxygen atoms in total. The van der Waals surface area contributed by atoms with Gasteiger partial charge in [0.05, 0.1) is 16.5 Å². The van der Waals surface area contributed by atoms with Gasteiger partial charge in [-0.25, -0.2) is 13.1 Å². The molecular formula is C18H25N3O3S. The molecule has 1 heterocycles. The van der Waals surface area contributed by atoms with Crippen molar-refractivity contribution in [1.82, 2.24) is 9.71 Å². The van der Waals surface area contributed by atoms with Crippen molar-refractivity contribution in [2.24, 2.45) is 0 Å². The lowest BCUT2D eigenvalue weighted by atomic mass is 10.1. The van der Waals surface area contributed by atoms with Crippen LogP contribution in [0.15, 0.2) is 30.3 Å². The molecule has 2 rings (SSSR count). The number of carbonyl (C=O) groups is 1. The summed E-state index contributed by atoms with van der Waals surface area (Å²) in [5.74, 6) is -0.0810. The Labute approximate surface area is 149 Å². The predicted molar refractivity (Wildman–Crippen MR) is 101 cm³/mol. The lowest BCUT2D eigenvalue weighted by molar-refractivity contribution is -0.116. The second kappa shape index (κ2) is 8.40. The molecule has 136 valence electrons. The van der Waals surface area contributed by atoms with Crippen molar-refractivity contribution in [2.45, 2.75) is 45.3 Å². The minimum absolute atomic E-state index is 0.0810. The van der Waals surface area contributed by atoms with Crippen LogP contribution in [0.3, 0.4) is 0 Å². The van der Waals surface area contributed by atoms with E-state index in [2.05, 4.69) is 15.0 Å². The Kier molecular flexibility index (Phi) is 6.50. The molecule has 2 N–H and O–H groups in total. The van der Waals surface area contributed by atoms with Crippen molar-refractivity contribution >= 4 is 32.5 Å². The van der Waals surface area contributed by atoms with Gasteiger partial charge in [-0.3, -0.25) is 9.78 Å². The number of hydrogen-bond acceptors (Lipinski definition) is 4. The Balaban J connectivity index is 1.85. The number of nitrogens with zero attached hydrogens (tertiary/aromatic N) is 1. The average Bonchev–Trinajstić information content (AvgIpc) is 2.54. The lowest BCUT2D eigenvalue weighted by Gasteiger charge is -2.10. The summed E-state index contributed by atoms with van der Waals surface area (Å²) in [6.07, 6.45) is 1.59. The van der Waals surface area contributed by atoms with Gasteiger partial charge in [0.25, 0.3) is 0 Å². The first-order chi connectivity index (χ1) is 11.8. The number of nitrogens with one attached hydrogen (secondary N) is 2. The van der Waals surface area contributed by atoms with E-state index < -0.39 is 15.3 Å². The van der Waals surface area contributed by atoms with Gasteiger partial charge in [0.1, 0.15) is 0 Å². The van der Waals surface area contributed by atoms with Crippen LogP contribution in [-0.4, -0.2) is 31.1 Å². The van der Waals surface area contributed by atoms with Gasteiger partial charge >= 0.3 is 0 Å². The Morgan fingerprint density at radius 3 is 2.64 bits per heavy atom. The number of amides is 1. The molecular weight excluding hydrogens is 338 g/mol. The number of pyridine rings is 1. The van der Waals surface area contributed by atoms with Gasteiger partial charge in [0.2, 0.25) is 15.9 Å². The van der Waals surface area contributed by atoms with Gasteiger partial charge in [-0.2, -0.15) is 0 Å². The van der Waals surface area contributed by atoms with Crippen molar-refractivity contribution in [3.8, 4) is 0 Å². The Bertz CT molecular complexity index is 848. The third kappa shape index (κ3) is 5.51. The molecule has 0 spiro atoms. The van der Waals surface area contributed by atoms with Crippen LogP contribution in [-0.2, 0) is 14.8 Å². The normalized spacial score (nSPS) is 11.8. The Hall–Kier alpha value is -1.99. The van der Waals surface area contributed by atoms with Gasteiger partial charge in [0.15, 0.2) is 0 Å². The number of rotatable bonds is 8. The maximum Gasteiger partial charge on any atom is 0.224 e. The number of anilines is 1. The van der Waals surface area contributed by atoms with Crippen LogP contribution in [0.1, 0.15) is 38.8 Å². The molecule has 0 aliphatic carbocycles. The van der Waals surface area contributed by atoms with E-state index >= 15 is 0 Å². The zero-order valence-corrected chi connectivity index (χ0v) is 15.7. The van der Waals surface area contributed by atoms with E-state index in [1.165, 1.54) is 0 Å². The van der Waals surface area contributed by atoms with Crippen molar-refractivity contribution in [1.29, 1.82) is 0 Å². The highest BCUT2D eigenvalue weighted by Crippen LogP contribution is 2.23. The van der Waals surface area contributed by atoms with Gasteiger partial charge in [0, 0.05) is 24.0 Å². The molecule has 25 heavy (non-hydrogen) atoms. The monoisotopic (exact) mass is 363 g/mol. The quantitative estimate of drug-likeness (QED) is 0.706. The predicted octanol–water partition coefficient (Wildman–Crippen LogP) is 2.98. The largest absolute Gasteiger partial charge is 0.325 e. The highest BCUT2D eigenvalue weighted by Gasteiger charge is 2.14. The zero-order valence-electron chi connectivity index (χ0n) is 14.9. The first-order valence-electron chi connectivity index (χ1n) is 8.44. The molecule has 0 aliphatic rings. The minimum Gasteiger partial charge on any atom is -0.325 e.